The zero-order valence-corrected chi connectivity index (χ0v) is 12.3. The average Bonchev–Trinajstić information content (AvgIpc) is 2.86. The number of benzene rings is 1. The van der Waals surface area contributed by atoms with E-state index >= 15 is 0 Å². The number of nitrogens with zero attached hydrogens (tertiary/aromatic N) is 2. The molecule has 2 aromatic rings. The van der Waals surface area contributed by atoms with E-state index < -0.39 is 0 Å². The normalized spacial score (nSPS) is 17.3. The molecule has 4 heteroatoms. The highest BCUT2D eigenvalue weighted by atomic mass is 16.5. The lowest BCUT2D eigenvalue weighted by atomic mass is 9.91. The van der Waals surface area contributed by atoms with Gasteiger partial charge in [-0.05, 0) is 30.5 Å². The summed E-state index contributed by atoms with van der Waals surface area (Å²) in [6, 6.07) is 7.19. The highest BCUT2D eigenvalue weighted by molar-refractivity contribution is 5.28. The van der Waals surface area contributed by atoms with E-state index in [0.717, 1.165) is 11.4 Å². The second kappa shape index (κ2) is 6.74. The van der Waals surface area contributed by atoms with E-state index in [9.17, 15) is 5.11 Å². The number of aromatic nitrogens is 2. The van der Waals surface area contributed by atoms with Gasteiger partial charge in [0.05, 0.1) is 6.42 Å². The quantitative estimate of drug-likeness (QED) is 0.919. The second-order valence-corrected chi connectivity index (χ2v) is 5.94. The van der Waals surface area contributed by atoms with Crippen LogP contribution in [-0.2, 0) is 6.42 Å². The number of rotatable bonds is 3. The molecule has 0 aliphatic heterocycles. The molecule has 1 aliphatic carbocycles. The number of phenols is 1. The first-order valence-corrected chi connectivity index (χ1v) is 7.91. The van der Waals surface area contributed by atoms with Crippen molar-refractivity contribution in [1.82, 2.24) is 10.1 Å². The molecule has 112 valence electrons. The third-order valence-electron chi connectivity index (χ3n) is 4.22. The minimum Gasteiger partial charge on any atom is -0.508 e. The lowest BCUT2D eigenvalue weighted by molar-refractivity contribution is 0.366. The first-order valence-electron chi connectivity index (χ1n) is 7.91. The highest BCUT2D eigenvalue weighted by Gasteiger charge is 2.19. The molecule has 1 saturated carbocycles. The van der Waals surface area contributed by atoms with Gasteiger partial charge < -0.3 is 9.63 Å². The smallest absolute Gasteiger partial charge is 0.231 e. The summed E-state index contributed by atoms with van der Waals surface area (Å²) >= 11 is 0. The van der Waals surface area contributed by atoms with Crippen molar-refractivity contribution < 1.29 is 9.63 Å². The molecule has 3 rings (SSSR count). The molecule has 0 amide bonds. The topological polar surface area (TPSA) is 59.2 Å². The van der Waals surface area contributed by atoms with Crippen LogP contribution in [-0.4, -0.2) is 15.2 Å². The summed E-state index contributed by atoms with van der Waals surface area (Å²) < 4.78 is 5.39. The Morgan fingerprint density at radius 3 is 2.62 bits per heavy atom. The van der Waals surface area contributed by atoms with Gasteiger partial charge in [0.15, 0.2) is 5.82 Å². The molecule has 0 radical (unpaired) electrons. The van der Waals surface area contributed by atoms with Crippen LogP contribution in [0.2, 0.25) is 0 Å². The molecule has 1 fully saturated rings. The fourth-order valence-corrected chi connectivity index (χ4v) is 3.06. The molecule has 1 aromatic carbocycles. The van der Waals surface area contributed by atoms with E-state index in [-0.39, 0.29) is 5.75 Å². The maximum Gasteiger partial charge on any atom is 0.231 e. The van der Waals surface area contributed by atoms with Crippen LogP contribution in [0.3, 0.4) is 0 Å². The van der Waals surface area contributed by atoms with Crippen LogP contribution in [0.1, 0.15) is 68.1 Å². The summed E-state index contributed by atoms with van der Waals surface area (Å²) in [6.45, 7) is 0. The van der Waals surface area contributed by atoms with Gasteiger partial charge in [0, 0.05) is 5.92 Å². The highest BCUT2D eigenvalue weighted by Crippen LogP contribution is 2.29. The van der Waals surface area contributed by atoms with Crippen LogP contribution >= 0.6 is 0 Å². The summed E-state index contributed by atoms with van der Waals surface area (Å²) in [6.07, 6.45) is 9.46. The summed E-state index contributed by atoms with van der Waals surface area (Å²) in [7, 11) is 0. The van der Waals surface area contributed by atoms with Gasteiger partial charge in [-0.25, -0.2) is 0 Å². The Balaban J connectivity index is 1.67. The fraction of sp³-hybridized carbons (Fsp3) is 0.529. The van der Waals surface area contributed by atoms with Crippen molar-refractivity contribution in [2.24, 2.45) is 0 Å². The molecular weight excluding hydrogens is 264 g/mol. The maximum atomic E-state index is 9.49. The summed E-state index contributed by atoms with van der Waals surface area (Å²) in [5, 5.41) is 13.7. The first-order chi connectivity index (χ1) is 10.3. The Morgan fingerprint density at radius 2 is 1.86 bits per heavy atom. The number of phenolic OH excluding ortho intramolecular Hbond substituents is 1. The lowest BCUT2D eigenvalue weighted by Gasteiger charge is -2.15. The van der Waals surface area contributed by atoms with Crippen molar-refractivity contribution in [3.05, 3.63) is 41.5 Å². The molecule has 0 bridgehead atoms. The summed E-state index contributed by atoms with van der Waals surface area (Å²) in [4.78, 5) is 4.57. The van der Waals surface area contributed by atoms with Gasteiger partial charge in [-0.1, -0.05) is 49.4 Å². The predicted molar refractivity (Wildman–Crippen MR) is 80.3 cm³/mol. The van der Waals surface area contributed by atoms with Crippen molar-refractivity contribution in [1.29, 1.82) is 0 Å². The molecule has 0 spiro atoms. The van der Waals surface area contributed by atoms with E-state index in [4.69, 9.17) is 4.52 Å². The molecule has 1 aromatic heterocycles. The number of hydrogen-bond donors (Lipinski definition) is 1. The monoisotopic (exact) mass is 286 g/mol. The van der Waals surface area contributed by atoms with Crippen molar-refractivity contribution >= 4 is 0 Å². The third-order valence-corrected chi connectivity index (χ3v) is 4.22. The molecule has 0 saturated heterocycles. The van der Waals surface area contributed by atoms with Crippen molar-refractivity contribution in [3.63, 3.8) is 0 Å². The van der Waals surface area contributed by atoms with Gasteiger partial charge in [-0.2, -0.15) is 4.98 Å². The Kier molecular flexibility index (Phi) is 4.53. The summed E-state index contributed by atoms with van der Waals surface area (Å²) in [5.74, 6) is 2.23. The van der Waals surface area contributed by atoms with Crippen molar-refractivity contribution in [3.8, 4) is 5.75 Å². The van der Waals surface area contributed by atoms with Crippen LogP contribution < -0.4 is 0 Å². The zero-order valence-electron chi connectivity index (χ0n) is 12.3. The van der Waals surface area contributed by atoms with E-state index in [1.54, 1.807) is 12.1 Å². The van der Waals surface area contributed by atoms with Crippen LogP contribution in [0.4, 0.5) is 0 Å². The molecule has 1 N–H and O–H groups in total. The second-order valence-electron chi connectivity index (χ2n) is 5.94. The first kappa shape index (κ1) is 14.1. The summed E-state index contributed by atoms with van der Waals surface area (Å²) in [5.41, 5.74) is 0.989. The van der Waals surface area contributed by atoms with Crippen LogP contribution in [0, 0.1) is 0 Å². The van der Waals surface area contributed by atoms with Gasteiger partial charge in [0.25, 0.3) is 0 Å². The van der Waals surface area contributed by atoms with Gasteiger partial charge in [0.2, 0.25) is 5.89 Å². The van der Waals surface area contributed by atoms with Crippen LogP contribution in [0.25, 0.3) is 0 Å². The van der Waals surface area contributed by atoms with Gasteiger partial charge in [-0.3, -0.25) is 0 Å². The van der Waals surface area contributed by atoms with Crippen molar-refractivity contribution in [2.45, 2.75) is 57.3 Å². The van der Waals surface area contributed by atoms with E-state index in [1.165, 1.54) is 44.9 Å². The lowest BCUT2D eigenvalue weighted by Crippen LogP contribution is -2.04. The predicted octanol–water partition coefficient (Wildman–Crippen LogP) is 4.19. The molecule has 0 unspecified atom stereocenters. The third kappa shape index (κ3) is 3.84. The molecule has 1 aliphatic rings. The van der Waals surface area contributed by atoms with E-state index in [2.05, 4.69) is 10.1 Å². The number of hydrogen-bond acceptors (Lipinski definition) is 4. The zero-order chi connectivity index (χ0) is 14.5. The molecule has 1 heterocycles. The van der Waals surface area contributed by atoms with Gasteiger partial charge >= 0.3 is 0 Å². The largest absolute Gasteiger partial charge is 0.508 e. The Labute approximate surface area is 125 Å². The average molecular weight is 286 g/mol. The molecule has 0 atom stereocenters. The van der Waals surface area contributed by atoms with Gasteiger partial charge in [-0.15, -0.1) is 0 Å². The van der Waals surface area contributed by atoms with Gasteiger partial charge in [0.1, 0.15) is 5.75 Å². The Morgan fingerprint density at radius 1 is 1.10 bits per heavy atom. The SMILES string of the molecule is Oc1cccc(Cc2nc(C3CCCCCCC3)no2)c1. The fourth-order valence-electron chi connectivity index (χ4n) is 3.06. The maximum absolute atomic E-state index is 9.49. The molecule has 21 heavy (non-hydrogen) atoms. The van der Waals surface area contributed by atoms with Crippen molar-refractivity contribution in [2.75, 3.05) is 0 Å². The minimum absolute atomic E-state index is 0.271. The minimum atomic E-state index is 0.271. The Hall–Kier alpha value is -1.84. The van der Waals surface area contributed by atoms with Crippen LogP contribution in [0.5, 0.6) is 5.75 Å². The van der Waals surface area contributed by atoms with E-state index in [1.807, 2.05) is 12.1 Å². The molecule has 4 nitrogen and oxygen atoms in total. The number of aromatic hydroxyl groups is 1. The van der Waals surface area contributed by atoms with E-state index in [0.29, 0.717) is 18.2 Å². The Bertz CT molecular complexity index is 572. The van der Waals surface area contributed by atoms with Crippen LogP contribution in [0.15, 0.2) is 28.8 Å². The standard InChI is InChI=1S/C17H22N2O2/c20-15-10-6-7-13(11-15)12-16-18-17(19-21-16)14-8-4-2-1-3-5-9-14/h6-7,10-11,14,20H,1-5,8-9,12H2. The molecular formula is C17H22N2O2.